The van der Waals surface area contributed by atoms with Crippen LogP contribution in [0.3, 0.4) is 0 Å². The molecule has 0 saturated heterocycles. The number of aryl methyl sites for hydroxylation is 1. The van der Waals surface area contributed by atoms with E-state index in [1.165, 1.54) is 16.9 Å². The number of benzene rings is 1. The molecule has 0 atom stereocenters. The Balaban J connectivity index is 1.73. The molecule has 0 radical (unpaired) electrons. The predicted octanol–water partition coefficient (Wildman–Crippen LogP) is 3.91. The summed E-state index contributed by atoms with van der Waals surface area (Å²) in [6.07, 6.45) is 2.37. The number of hydrogen-bond acceptors (Lipinski definition) is 4. The Hall–Kier alpha value is -2.40. The molecule has 23 heavy (non-hydrogen) atoms. The third-order valence-electron chi connectivity index (χ3n) is 3.55. The Morgan fingerprint density at radius 3 is 2.70 bits per heavy atom. The Bertz CT molecular complexity index is 779. The van der Waals surface area contributed by atoms with Crippen molar-refractivity contribution in [3.05, 3.63) is 75.6 Å². The van der Waals surface area contributed by atoms with E-state index in [4.69, 9.17) is 4.42 Å². The highest BCUT2D eigenvalue weighted by Gasteiger charge is 2.19. The molecule has 118 valence electrons. The lowest BCUT2D eigenvalue weighted by Gasteiger charge is -2.14. The molecule has 0 N–H and O–H groups in total. The number of thiazole rings is 1. The third kappa shape index (κ3) is 3.68. The van der Waals surface area contributed by atoms with Gasteiger partial charge in [-0.25, -0.2) is 4.98 Å². The third-order valence-corrected chi connectivity index (χ3v) is 4.70. The fourth-order valence-corrected chi connectivity index (χ4v) is 3.47. The second-order valence-corrected chi connectivity index (χ2v) is 6.51. The highest BCUT2D eigenvalue weighted by Crippen LogP contribution is 2.22. The lowest BCUT2D eigenvalue weighted by atomic mass is 10.2. The zero-order valence-electron chi connectivity index (χ0n) is 13.2. The van der Waals surface area contributed by atoms with E-state index in [9.17, 15) is 4.79 Å². The second-order valence-electron chi connectivity index (χ2n) is 5.43. The number of amides is 1. The maximum Gasteiger partial charge on any atom is 0.266 e. The van der Waals surface area contributed by atoms with E-state index in [-0.39, 0.29) is 5.91 Å². The van der Waals surface area contributed by atoms with Crippen molar-refractivity contribution in [1.29, 1.82) is 0 Å². The summed E-state index contributed by atoms with van der Waals surface area (Å²) < 4.78 is 5.30. The van der Waals surface area contributed by atoms with Crippen LogP contribution in [0.2, 0.25) is 0 Å². The number of aromatic nitrogens is 1. The van der Waals surface area contributed by atoms with E-state index in [0.717, 1.165) is 22.9 Å². The molecule has 0 aliphatic rings. The lowest BCUT2D eigenvalue weighted by molar-refractivity contribution is 0.0779. The van der Waals surface area contributed by atoms with Crippen LogP contribution in [0.25, 0.3) is 0 Å². The van der Waals surface area contributed by atoms with E-state index < -0.39 is 0 Å². The molecule has 2 aromatic heterocycles. The molecular weight excluding hydrogens is 308 g/mol. The number of rotatable bonds is 5. The summed E-state index contributed by atoms with van der Waals surface area (Å²) in [6, 6.07) is 13.9. The first-order chi connectivity index (χ1) is 11.1. The molecule has 0 spiro atoms. The van der Waals surface area contributed by atoms with Crippen LogP contribution in [0.4, 0.5) is 0 Å². The first-order valence-electron chi connectivity index (χ1n) is 7.41. The molecular formula is C18H18N2O2S. The van der Waals surface area contributed by atoms with Gasteiger partial charge in [-0.05, 0) is 24.6 Å². The Morgan fingerprint density at radius 1 is 1.22 bits per heavy atom. The molecule has 2 heterocycles. The van der Waals surface area contributed by atoms with Crippen LogP contribution in [0.15, 0.2) is 53.1 Å². The highest BCUT2D eigenvalue weighted by molar-refractivity contribution is 7.13. The van der Waals surface area contributed by atoms with Crippen molar-refractivity contribution in [2.45, 2.75) is 19.9 Å². The number of carbonyl (C=O) groups excluding carboxylic acids is 1. The number of hydrogen-bond donors (Lipinski definition) is 0. The van der Waals surface area contributed by atoms with Gasteiger partial charge < -0.3 is 9.32 Å². The van der Waals surface area contributed by atoms with Gasteiger partial charge in [0.15, 0.2) is 0 Å². The van der Waals surface area contributed by atoms with Gasteiger partial charge >= 0.3 is 0 Å². The molecule has 1 aromatic carbocycles. The van der Waals surface area contributed by atoms with Crippen molar-refractivity contribution in [2.24, 2.45) is 0 Å². The van der Waals surface area contributed by atoms with Gasteiger partial charge in [0.05, 0.1) is 23.5 Å². The van der Waals surface area contributed by atoms with Crippen LogP contribution in [0.1, 0.15) is 31.7 Å². The second kappa shape index (κ2) is 6.79. The normalized spacial score (nSPS) is 10.7. The molecule has 1 amide bonds. The van der Waals surface area contributed by atoms with Crippen LogP contribution >= 0.6 is 11.3 Å². The largest absolute Gasteiger partial charge is 0.467 e. The van der Waals surface area contributed by atoms with E-state index in [0.29, 0.717) is 11.4 Å². The molecule has 3 rings (SSSR count). The first kappa shape index (κ1) is 15.5. The number of carbonyl (C=O) groups is 1. The van der Waals surface area contributed by atoms with E-state index in [1.54, 1.807) is 18.2 Å². The van der Waals surface area contributed by atoms with Crippen molar-refractivity contribution in [1.82, 2.24) is 9.88 Å². The first-order valence-corrected chi connectivity index (χ1v) is 8.23. The van der Waals surface area contributed by atoms with Gasteiger partial charge in [-0.3, -0.25) is 4.79 Å². The van der Waals surface area contributed by atoms with E-state index in [2.05, 4.69) is 17.1 Å². The lowest BCUT2D eigenvalue weighted by Crippen LogP contribution is -2.25. The average molecular weight is 326 g/mol. The monoisotopic (exact) mass is 326 g/mol. The SMILES string of the molecule is Cc1nc(Cc2ccccc2)sc1C(=O)N(C)Cc1ccco1. The summed E-state index contributed by atoms with van der Waals surface area (Å²) in [4.78, 5) is 19.5. The van der Waals surface area contributed by atoms with Crippen molar-refractivity contribution < 1.29 is 9.21 Å². The van der Waals surface area contributed by atoms with E-state index >= 15 is 0 Å². The summed E-state index contributed by atoms with van der Waals surface area (Å²) in [5.41, 5.74) is 1.99. The van der Waals surface area contributed by atoms with E-state index in [1.807, 2.05) is 37.3 Å². The molecule has 0 aliphatic carbocycles. The zero-order chi connectivity index (χ0) is 16.2. The maximum absolute atomic E-state index is 12.6. The van der Waals surface area contributed by atoms with Gasteiger partial charge in [0.1, 0.15) is 10.6 Å². The molecule has 0 fully saturated rings. The van der Waals surface area contributed by atoms with Gasteiger partial charge in [0.2, 0.25) is 0 Å². The molecule has 0 saturated carbocycles. The van der Waals surface area contributed by atoms with Crippen molar-refractivity contribution in [2.75, 3.05) is 7.05 Å². The summed E-state index contributed by atoms with van der Waals surface area (Å²) >= 11 is 1.47. The van der Waals surface area contributed by atoms with Crippen LogP contribution in [0.5, 0.6) is 0 Å². The van der Waals surface area contributed by atoms with Gasteiger partial charge in [0, 0.05) is 13.5 Å². The molecule has 0 unspecified atom stereocenters. The fourth-order valence-electron chi connectivity index (χ4n) is 2.38. The van der Waals surface area contributed by atoms with Crippen LogP contribution in [-0.4, -0.2) is 22.8 Å². The average Bonchev–Trinajstić information content (AvgIpc) is 3.17. The fraction of sp³-hybridized carbons (Fsp3) is 0.222. The zero-order valence-corrected chi connectivity index (χ0v) is 14.0. The minimum Gasteiger partial charge on any atom is -0.467 e. The summed E-state index contributed by atoms with van der Waals surface area (Å²) in [7, 11) is 1.78. The van der Waals surface area contributed by atoms with Gasteiger partial charge in [-0.1, -0.05) is 30.3 Å². The van der Waals surface area contributed by atoms with Crippen LogP contribution < -0.4 is 0 Å². The maximum atomic E-state index is 12.6. The molecule has 0 bridgehead atoms. The quantitative estimate of drug-likeness (QED) is 0.714. The van der Waals surface area contributed by atoms with Gasteiger partial charge in [0.25, 0.3) is 5.91 Å². The minimum atomic E-state index is -0.0179. The highest BCUT2D eigenvalue weighted by atomic mass is 32.1. The van der Waals surface area contributed by atoms with Gasteiger partial charge in [-0.15, -0.1) is 11.3 Å². The molecule has 4 nitrogen and oxygen atoms in total. The Morgan fingerprint density at radius 2 is 2.00 bits per heavy atom. The van der Waals surface area contributed by atoms with Crippen molar-refractivity contribution in [3.63, 3.8) is 0 Å². The molecule has 5 heteroatoms. The smallest absolute Gasteiger partial charge is 0.266 e. The number of nitrogens with zero attached hydrogens (tertiary/aromatic N) is 2. The number of furan rings is 1. The molecule has 3 aromatic rings. The molecule has 0 aliphatic heterocycles. The summed E-state index contributed by atoms with van der Waals surface area (Å²) in [5, 5.41) is 0.962. The summed E-state index contributed by atoms with van der Waals surface area (Å²) in [6.45, 7) is 2.34. The van der Waals surface area contributed by atoms with Crippen molar-refractivity contribution >= 4 is 17.2 Å². The van der Waals surface area contributed by atoms with Crippen LogP contribution in [0, 0.1) is 6.92 Å². The van der Waals surface area contributed by atoms with Crippen molar-refractivity contribution in [3.8, 4) is 0 Å². The summed E-state index contributed by atoms with van der Waals surface area (Å²) in [5.74, 6) is 0.753. The Labute approximate surface area is 139 Å². The minimum absolute atomic E-state index is 0.0179. The Kier molecular flexibility index (Phi) is 4.57. The standard InChI is InChI=1S/C18H18N2O2S/c1-13-17(18(21)20(2)12-15-9-6-10-22-15)23-16(19-13)11-14-7-4-3-5-8-14/h3-10H,11-12H2,1-2H3. The van der Waals surface area contributed by atoms with Crippen LogP contribution in [-0.2, 0) is 13.0 Å². The topological polar surface area (TPSA) is 46.3 Å². The van der Waals surface area contributed by atoms with Gasteiger partial charge in [-0.2, -0.15) is 0 Å². The predicted molar refractivity (Wildman–Crippen MR) is 90.6 cm³/mol.